The van der Waals surface area contributed by atoms with E-state index in [4.69, 9.17) is 4.74 Å². The van der Waals surface area contributed by atoms with Gasteiger partial charge < -0.3 is 4.74 Å². The van der Waals surface area contributed by atoms with Gasteiger partial charge >= 0.3 is 0 Å². The molecular formula is C21H17N5O. The van der Waals surface area contributed by atoms with Crippen molar-refractivity contribution in [3.63, 3.8) is 0 Å². The molecular weight excluding hydrogens is 338 g/mol. The topological polar surface area (TPSA) is 72.6 Å². The van der Waals surface area contributed by atoms with Gasteiger partial charge in [-0.1, -0.05) is 54.6 Å². The van der Waals surface area contributed by atoms with Crippen LogP contribution in [0.3, 0.4) is 0 Å². The molecule has 6 nitrogen and oxygen atoms in total. The number of nitrogens with zero attached hydrogens (tertiary/aromatic N) is 5. The van der Waals surface area contributed by atoms with Crippen LogP contribution in [0.15, 0.2) is 95.5 Å². The molecule has 0 aliphatic rings. The van der Waals surface area contributed by atoms with Crippen molar-refractivity contribution in [3.05, 3.63) is 90.9 Å². The first kappa shape index (κ1) is 16.8. The quantitative estimate of drug-likeness (QED) is 0.460. The standard InChI is InChI=1S/C21H17N5O/c1-2-7-16(8-3-1)20(15-27-18-10-6-12-22-14-18)24-26-21-19-11-5-4-9-17(19)13-23-25-21/h1-14,20H,15H2. The number of aromatic nitrogens is 3. The van der Waals surface area contributed by atoms with Crippen LogP contribution in [0.5, 0.6) is 5.75 Å². The van der Waals surface area contributed by atoms with Gasteiger partial charge in [0.1, 0.15) is 18.4 Å². The average Bonchev–Trinajstić information content (AvgIpc) is 2.75. The number of hydrogen-bond acceptors (Lipinski definition) is 6. The van der Waals surface area contributed by atoms with Crippen LogP contribution in [0.25, 0.3) is 10.8 Å². The van der Waals surface area contributed by atoms with Crippen LogP contribution in [0.2, 0.25) is 0 Å². The summed E-state index contributed by atoms with van der Waals surface area (Å²) in [5.41, 5.74) is 1.01. The molecule has 6 heteroatoms. The summed E-state index contributed by atoms with van der Waals surface area (Å²) in [4.78, 5) is 4.07. The third-order valence-corrected chi connectivity index (χ3v) is 4.07. The van der Waals surface area contributed by atoms with Gasteiger partial charge in [0.25, 0.3) is 0 Å². The second-order valence-electron chi connectivity index (χ2n) is 5.90. The number of pyridine rings is 1. The van der Waals surface area contributed by atoms with E-state index in [-0.39, 0.29) is 6.04 Å². The Balaban J connectivity index is 1.61. The minimum atomic E-state index is -0.271. The van der Waals surface area contributed by atoms with E-state index in [1.54, 1.807) is 18.6 Å². The van der Waals surface area contributed by atoms with E-state index in [1.807, 2.05) is 66.7 Å². The minimum Gasteiger partial charge on any atom is -0.489 e. The number of benzene rings is 2. The largest absolute Gasteiger partial charge is 0.489 e. The number of azo groups is 1. The van der Waals surface area contributed by atoms with E-state index in [2.05, 4.69) is 25.4 Å². The molecule has 0 aliphatic heterocycles. The van der Waals surface area contributed by atoms with Crippen LogP contribution in [0.4, 0.5) is 5.82 Å². The number of ether oxygens (including phenoxy) is 1. The second-order valence-corrected chi connectivity index (χ2v) is 5.90. The van der Waals surface area contributed by atoms with Crippen LogP contribution in [-0.4, -0.2) is 21.8 Å². The van der Waals surface area contributed by atoms with Crippen LogP contribution in [0.1, 0.15) is 11.6 Å². The highest BCUT2D eigenvalue weighted by molar-refractivity contribution is 5.89. The van der Waals surface area contributed by atoms with E-state index < -0.39 is 0 Å². The zero-order valence-electron chi connectivity index (χ0n) is 14.5. The van der Waals surface area contributed by atoms with Crippen molar-refractivity contribution < 1.29 is 4.74 Å². The first-order valence-corrected chi connectivity index (χ1v) is 8.59. The fourth-order valence-electron chi connectivity index (χ4n) is 2.69. The molecule has 0 radical (unpaired) electrons. The zero-order valence-corrected chi connectivity index (χ0v) is 14.5. The van der Waals surface area contributed by atoms with Gasteiger partial charge in [0.05, 0.1) is 12.4 Å². The molecule has 0 saturated heterocycles. The van der Waals surface area contributed by atoms with Crippen LogP contribution in [-0.2, 0) is 0 Å². The predicted molar refractivity (Wildman–Crippen MR) is 103 cm³/mol. The van der Waals surface area contributed by atoms with E-state index in [1.165, 1.54) is 0 Å². The number of fused-ring (bicyclic) bond motifs is 1. The van der Waals surface area contributed by atoms with E-state index in [0.29, 0.717) is 18.2 Å². The summed E-state index contributed by atoms with van der Waals surface area (Å²) < 4.78 is 5.85. The fourth-order valence-corrected chi connectivity index (χ4v) is 2.69. The van der Waals surface area contributed by atoms with Crippen molar-refractivity contribution in [2.24, 2.45) is 10.2 Å². The normalized spacial score (nSPS) is 12.3. The highest BCUT2D eigenvalue weighted by atomic mass is 16.5. The maximum atomic E-state index is 5.85. The highest BCUT2D eigenvalue weighted by Gasteiger charge is 2.12. The molecule has 4 rings (SSSR count). The molecule has 1 unspecified atom stereocenters. The molecule has 2 heterocycles. The second kappa shape index (κ2) is 8.14. The smallest absolute Gasteiger partial charge is 0.203 e. The summed E-state index contributed by atoms with van der Waals surface area (Å²) in [5, 5.41) is 18.9. The monoisotopic (exact) mass is 355 g/mol. The summed E-state index contributed by atoms with van der Waals surface area (Å²) in [7, 11) is 0. The SMILES string of the molecule is c1ccc(C(COc2cccnc2)N=Nc2nncc3ccccc23)cc1. The first-order chi connectivity index (χ1) is 13.4. The van der Waals surface area contributed by atoms with Crippen molar-refractivity contribution in [1.82, 2.24) is 15.2 Å². The van der Waals surface area contributed by atoms with Crippen molar-refractivity contribution in [2.75, 3.05) is 6.61 Å². The summed E-state index contributed by atoms with van der Waals surface area (Å²) >= 11 is 0. The minimum absolute atomic E-state index is 0.271. The van der Waals surface area contributed by atoms with Crippen LogP contribution >= 0.6 is 0 Å². The van der Waals surface area contributed by atoms with E-state index >= 15 is 0 Å². The molecule has 0 bridgehead atoms. The van der Waals surface area contributed by atoms with Gasteiger partial charge in [-0.2, -0.15) is 10.2 Å². The van der Waals surface area contributed by atoms with Crippen molar-refractivity contribution in [1.29, 1.82) is 0 Å². The summed E-state index contributed by atoms with van der Waals surface area (Å²) in [6.07, 6.45) is 5.10. The average molecular weight is 355 g/mol. The first-order valence-electron chi connectivity index (χ1n) is 8.59. The lowest BCUT2D eigenvalue weighted by atomic mass is 10.1. The third kappa shape index (κ3) is 4.12. The molecule has 0 N–H and O–H groups in total. The third-order valence-electron chi connectivity index (χ3n) is 4.07. The van der Waals surface area contributed by atoms with Crippen molar-refractivity contribution in [3.8, 4) is 5.75 Å². The van der Waals surface area contributed by atoms with Gasteiger partial charge in [-0.25, -0.2) is 0 Å². The van der Waals surface area contributed by atoms with Gasteiger partial charge in [0.2, 0.25) is 5.82 Å². The Kier molecular flexibility index (Phi) is 5.06. The van der Waals surface area contributed by atoms with Gasteiger partial charge in [-0.05, 0) is 17.7 Å². The molecule has 27 heavy (non-hydrogen) atoms. The van der Waals surface area contributed by atoms with Gasteiger partial charge in [-0.15, -0.1) is 10.2 Å². The van der Waals surface area contributed by atoms with Gasteiger partial charge in [0.15, 0.2) is 0 Å². The Morgan fingerprint density at radius 1 is 0.889 bits per heavy atom. The Morgan fingerprint density at radius 3 is 2.59 bits per heavy atom. The molecule has 0 spiro atoms. The Bertz CT molecular complexity index is 1030. The molecule has 2 aromatic heterocycles. The summed E-state index contributed by atoms with van der Waals surface area (Å²) in [6, 6.07) is 21.2. The van der Waals surface area contributed by atoms with E-state index in [0.717, 1.165) is 16.3 Å². The number of rotatable bonds is 6. The highest BCUT2D eigenvalue weighted by Crippen LogP contribution is 2.25. The van der Waals surface area contributed by atoms with Crippen LogP contribution in [0, 0.1) is 0 Å². The predicted octanol–water partition coefficient (Wildman–Crippen LogP) is 4.93. The number of hydrogen-bond donors (Lipinski definition) is 0. The molecule has 0 amide bonds. The lowest BCUT2D eigenvalue weighted by Gasteiger charge is -2.13. The molecule has 132 valence electrons. The summed E-state index contributed by atoms with van der Waals surface area (Å²) in [6.45, 7) is 0.345. The maximum Gasteiger partial charge on any atom is 0.203 e. The molecule has 0 fully saturated rings. The maximum absolute atomic E-state index is 5.85. The van der Waals surface area contributed by atoms with E-state index in [9.17, 15) is 0 Å². The van der Waals surface area contributed by atoms with Crippen molar-refractivity contribution >= 4 is 16.6 Å². The Labute approximate surface area is 156 Å². The van der Waals surface area contributed by atoms with Crippen molar-refractivity contribution in [2.45, 2.75) is 6.04 Å². The molecule has 1 atom stereocenters. The Morgan fingerprint density at radius 2 is 1.74 bits per heavy atom. The lowest BCUT2D eigenvalue weighted by Crippen LogP contribution is -2.08. The molecule has 0 aliphatic carbocycles. The lowest BCUT2D eigenvalue weighted by molar-refractivity contribution is 0.287. The Hall–Kier alpha value is -3.67. The van der Waals surface area contributed by atoms with Gasteiger partial charge in [-0.3, -0.25) is 4.98 Å². The summed E-state index contributed by atoms with van der Waals surface area (Å²) in [5.74, 6) is 1.19. The zero-order chi connectivity index (χ0) is 18.3. The fraction of sp³-hybridized carbons (Fsp3) is 0.0952. The van der Waals surface area contributed by atoms with Crippen LogP contribution < -0.4 is 4.74 Å². The van der Waals surface area contributed by atoms with Gasteiger partial charge in [0, 0.05) is 17.0 Å². The molecule has 0 saturated carbocycles. The molecule has 4 aromatic rings. The molecule has 2 aromatic carbocycles.